The van der Waals surface area contributed by atoms with Crippen LogP contribution in [0.2, 0.25) is 10.0 Å². The first-order valence-corrected chi connectivity index (χ1v) is 7.64. The first-order chi connectivity index (χ1) is 9.56. The van der Waals surface area contributed by atoms with E-state index in [1.54, 1.807) is 12.1 Å². The van der Waals surface area contributed by atoms with Crippen molar-refractivity contribution in [1.82, 2.24) is 0 Å². The Balaban J connectivity index is 2.42. The second kappa shape index (κ2) is 6.62. The number of aryl methyl sites for hydroxylation is 2. The summed E-state index contributed by atoms with van der Waals surface area (Å²) in [7, 11) is 0. The Bertz CT molecular complexity index is 608. The summed E-state index contributed by atoms with van der Waals surface area (Å²) in [6.45, 7) is 4.33. The van der Waals surface area contributed by atoms with E-state index in [1.807, 2.05) is 6.07 Å². The van der Waals surface area contributed by atoms with Crippen LogP contribution >= 0.6 is 23.2 Å². The lowest BCUT2D eigenvalue weighted by molar-refractivity contribution is 0.863. The van der Waals surface area contributed by atoms with Gasteiger partial charge in [0.15, 0.2) is 0 Å². The minimum absolute atomic E-state index is 0.252. The van der Waals surface area contributed by atoms with E-state index in [0.29, 0.717) is 10.0 Å². The largest absolute Gasteiger partial charge is 0.320 e. The van der Waals surface area contributed by atoms with E-state index in [-0.39, 0.29) is 6.04 Å². The van der Waals surface area contributed by atoms with Gasteiger partial charge in [-0.15, -0.1) is 0 Å². The molecule has 2 aromatic rings. The zero-order valence-corrected chi connectivity index (χ0v) is 13.3. The Morgan fingerprint density at radius 1 is 0.950 bits per heavy atom. The number of rotatable bonds is 4. The van der Waals surface area contributed by atoms with Crippen molar-refractivity contribution in [1.29, 1.82) is 0 Å². The molecular weight excluding hydrogens is 289 g/mol. The number of hydrogen-bond acceptors (Lipinski definition) is 1. The topological polar surface area (TPSA) is 26.0 Å². The predicted octanol–water partition coefficient (Wildman–Crippen LogP) is 5.17. The van der Waals surface area contributed by atoms with Gasteiger partial charge in [0.1, 0.15) is 0 Å². The average molecular weight is 308 g/mol. The van der Waals surface area contributed by atoms with Crippen LogP contribution in [0.25, 0.3) is 0 Å². The van der Waals surface area contributed by atoms with E-state index in [4.69, 9.17) is 28.9 Å². The van der Waals surface area contributed by atoms with Crippen molar-refractivity contribution in [2.45, 2.75) is 32.7 Å². The maximum atomic E-state index is 6.36. The molecule has 0 saturated carbocycles. The molecule has 2 aromatic carbocycles. The smallest absolute Gasteiger partial charge is 0.0567 e. The monoisotopic (exact) mass is 307 g/mol. The van der Waals surface area contributed by atoms with Gasteiger partial charge in [0.05, 0.1) is 6.04 Å². The normalized spacial score (nSPS) is 12.4. The number of benzene rings is 2. The highest BCUT2D eigenvalue weighted by Gasteiger charge is 2.14. The van der Waals surface area contributed by atoms with Gasteiger partial charge in [0, 0.05) is 10.0 Å². The molecule has 0 heterocycles. The summed E-state index contributed by atoms with van der Waals surface area (Å²) >= 11 is 12.3. The van der Waals surface area contributed by atoms with Crippen LogP contribution in [0.15, 0.2) is 36.4 Å². The molecule has 0 aliphatic carbocycles. The Morgan fingerprint density at radius 3 is 2.30 bits per heavy atom. The fourth-order valence-electron chi connectivity index (χ4n) is 2.45. The first kappa shape index (κ1) is 15.4. The van der Waals surface area contributed by atoms with Gasteiger partial charge in [-0.25, -0.2) is 0 Å². The van der Waals surface area contributed by atoms with E-state index in [0.717, 1.165) is 24.0 Å². The Kier molecular flexibility index (Phi) is 5.09. The minimum Gasteiger partial charge on any atom is -0.320 e. The molecule has 0 fully saturated rings. The number of halogens is 2. The van der Waals surface area contributed by atoms with Gasteiger partial charge >= 0.3 is 0 Å². The van der Waals surface area contributed by atoms with Crippen molar-refractivity contribution in [3.63, 3.8) is 0 Å². The second-order valence-corrected chi connectivity index (χ2v) is 5.72. The Labute approximate surface area is 130 Å². The molecular formula is C17H19Cl2N. The number of nitrogens with two attached hydrogens (primary N) is 1. The van der Waals surface area contributed by atoms with Crippen LogP contribution in [0.1, 0.15) is 42.1 Å². The summed E-state index contributed by atoms with van der Waals surface area (Å²) in [6, 6.07) is 11.6. The molecule has 0 radical (unpaired) electrons. The third-order valence-electron chi connectivity index (χ3n) is 3.64. The van der Waals surface area contributed by atoms with E-state index in [1.165, 1.54) is 11.1 Å². The van der Waals surface area contributed by atoms with Gasteiger partial charge < -0.3 is 5.73 Å². The molecule has 20 heavy (non-hydrogen) atoms. The van der Waals surface area contributed by atoms with Gasteiger partial charge in [-0.1, -0.05) is 55.2 Å². The average Bonchev–Trinajstić information content (AvgIpc) is 2.48. The fraction of sp³-hybridized carbons (Fsp3) is 0.294. The van der Waals surface area contributed by atoms with E-state index in [2.05, 4.69) is 32.0 Å². The van der Waals surface area contributed by atoms with Crippen molar-refractivity contribution in [3.8, 4) is 0 Å². The third kappa shape index (κ3) is 3.17. The van der Waals surface area contributed by atoms with Gasteiger partial charge in [0.25, 0.3) is 0 Å². The molecule has 0 amide bonds. The van der Waals surface area contributed by atoms with Crippen molar-refractivity contribution in [3.05, 3.63) is 68.7 Å². The van der Waals surface area contributed by atoms with Crippen LogP contribution in [0, 0.1) is 0 Å². The van der Waals surface area contributed by atoms with Crippen LogP contribution in [0.4, 0.5) is 0 Å². The first-order valence-electron chi connectivity index (χ1n) is 6.89. The highest BCUT2D eigenvalue weighted by atomic mass is 35.5. The van der Waals surface area contributed by atoms with Gasteiger partial charge in [-0.3, -0.25) is 0 Å². The highest BCUT2D eigenvalue weighted by molar-refractivity contribution is 6.33. The summed E-state index contributed by atoms with van der Waals surface area (Å²) < 4.78 is 0. The van der Waals surface area contributed by atoms with Gasteiger partial charge in [-0.05, 0) is 53.3 Å². The molecule has 0 saturated heterocycles. The van der Waals surface area contributed by atoms with Crippen LogP contribution in [0.5, 0.6) is 0 Å². The third-order valence-corrected chi connectivity index (χ3v) is 4.22. The zero-order chi connectivity index (χ0) is 14.7. The predicted molar refractivity (Wildman–Crippen MR) is 87.7 cm³/mol. The molecule has 2 rings (SSSR count). The summed E-state index contributed by atoms with van der Waals surface area (Å²) in [4.78, 5) is 0. The fourth-order valence-corrected chi connectivity index (χ4v) is 2.86. The van der Waals surface area contributed by atoms with E-state index < -0.39 is 0 Å². The minimum atomic E-state index is -0.252. The molecule has 1 unspecified atom stereocenters. The number of hydrogen-bond donors (Lipinski definition) is 1. The molecule has 3 heteroatoms. The molecule has 106 valence electrons. The molecule has 0 aromatic heterocycles. The van der Waals surface area contributed by atoms with Crippen LogP contribution < -0.4 is 5.73 Å². The lowest BCUT2D eigenvalue weighted by atomic mass is 9.94. The van der Waals surface area contributed by atoms with E-state index in [9.17, 15) is 0 Å². The van der Waals surface area contributed by atoms with Crippen LogP contribution in [-0.2, 0) is 12.8 Å². The zero-order valence-electron chi connectivity index (χ0n) is 11.8. The quantitative estimate of drug-likeness (QED) is 0.829. The summed E-state index contributed by atoms with van der Waals surface area (Å²) in [6.07, 6.45) is 2.05. The molecule has 0 aliphatic heterocycles. The van der Waals surface area contributed by atoms with Crippen LogP contribution in [0.3, 0.4) is 0 Å². The van der Waals surface area contributed by atoms with Gasteiger partial charge in [0.2, 0.25) is 0 Å². The maximum Gasteiger partial charge on any atom is 0.0567 e. The Morgan fingerprint density at radius 2 is 1.65 bits per heavy atom. The molecule has 2 N–H and O–H groups in total. The van der Waals surface area contributed by atoms with Gasteiger partial charge in [-0.2, -0.15) is 0 Å². The standard InChI is InChI=1S/C17H19Cl2N/c1-3-11-5-6-13(9-12(11)4-2)17(20)15-10-14(18)7-8-16(15)19/h5-10,17H,3-4,20H2,1-2H3. The molecule has 0 bridgehead atoms. The maximum absolute atomic E-state index is 6.36. The van der Waals surface area contributed by atoms with E-state index >= 15 is 0 Å². The SMILES string of the molecule is CCc1ccc(C(N)c2cc(Cl)ccc2Cl)cc1CC. The lowest BCUT2D eigenvalue weighted by Crippen LogP contribution is -2.13. The Hall–Kier alpha value is -1.02. The molecule has 0 spiro atoms. The van der Waals surface area contributed by atoms with Crippen molar-refractivity contribution in [2.75, 3.05) is 0 Å². The summed E-state index contributed by atoms with van der Waals surface area (Å²) in [5, 5.41) is 1.31. The van der Waals surface area contributed by atoms with Crippen molar-refractivity contribution in [2.24, 2.45) is 5.73 Å². The second-order valence-electron chi connectivity index (χ2n) is 4.88. The van der Waals surface area contributed by atoms with Crippen molar-refractivity contribution >= 4 is 23.2 Å². The van der Waals surface area contributed by atoms with Crippen molar-refractivity contribution < 1.29 is 0 Å². The highest BCUT2D eigenvalue weighted by Crippen LogP contribution is 2.30. The summed E-state index contributed by atoms with van der Waals surface area (Å²) in [5.41, 5.74) is 11.0. The molecule has 0 aliphatic rings. The molecule has 1 atom stereocenters. The molecule has 1 nitrogen and oxygen atoms in total. The summed E-state index contributed by atoms with van der Waals surface area (Å²) in [5.74, 6) is 0. The van der Waals surface area contributed by atoms with Crippen LogP contribution in [-0.4, -0.2) is 0 Å². The lowest BCUT2D eigenvalue weighted by Gasteiger charge is -2.17.